The van der Waals surface area contributed by atoms with Gasteiger partial charge in [-0.2, -0.15) is 0 Å². The van der Waals surface area contributed by atoms with Gasteiger partial charge in [0.05, 0.1) is 11.9 Å². The van der Waals surface area contributed by atoms with E-state index in [9.17, 15) is 14.0 Å². The predicted molar refractivity (Wildman–Crippen MR) is 97.7 cm³/mol. The predicted octanol–water partition coefficient (Wildman–Crippen LogP) is 2.22. The molecule has 136 valence electrons. The maximum Gasteiger partial charge on any atom is 0.266 e. The van der Waals surface area contributed by atoms with Crippen LogP contribution in [0.5, 0.6) is 0 Å². The standard InChI is InChI=1S/C19H19FN2O3S/c20-15-9-5-4-8-14(15)10-17-19(24)21-16(12-26-17)18(23)22-25-11-13-6-2-1-3-7-13/h1-9,16-17H,10-12H2,(H,21,24)(H,22,23)/t16-,17-/m1/s1. The summed E-state index contributed by atoms with van der Waals surface area (Å²) >= 11 is 1.35. The van der Waals surface area contributed by atoms with Crippen molar-refractivity contribution in [1.82, 2.24) is 10.8 Å². The van der Waals surface area contributed by atoms with E-state index >= 15 is 0 Å². The largest absolute Gasteiger partial charge is 0.342 e. The number of nitrogens with one attached hydrogen (secondary N) is 2. The molecule has 0 radical (unpaired) electrons. The molecule has 1 fully saturated rings. The molecule has 2 N–H and O–H groups in total. The summed E-state index contributed by atoms with van der Waals surface area (Å²) in [7, 11) is 0. The SMILES string of the molecule is O=C(NOCc1ccccc1)[C@H]1CS[C@H](Cc2ccccc2F)C(=O)N1. The van der Waals surface area contributed by atoms with Gasteiger partial charge in [-0.15, -0.1) is 11.8 Å². The highest BCUT2D eigenvalue weighted by Gasteiger charge is 2.32. The summed E-state index contributed by atoms with van der Waals surface area (Å²) in [6.45, 7) is 0.246. The summed E-state index contributed by atoms with van der Waals surface area (Å²) in [5.41, 5.74) is 3.79. The van der Waals surface area contributed by atoms with Crippen molar-refractivity contribution in [2.75, 3.05) is 5.75 Å². The van der Waals surface area contributed by atoms with Crippen LogP contribution in [0.4, 0.5) is 4.39 Å². The van der Waals surface area contributed by atoms with Crippen LogP contribution in [0.15, 0.2) is 54.6 Å². The summed E-state index contributed by atoms with van der Waals surface area (Å²) in [6.07, 6.45) is 0.294. The molecule has 0 aliphatic carbocycles. The maximum absolute atomic E-state index is 13.7. The first-order valence-corrected chi connectivity index (χ1v) is 9.29. The molecular formula is C19H19FN2O3S. The van der Waals surface area contributed by atoms with E-state index in [0.29, 0.717) is 17.7 Å². The van der Waals surface area contributed by atoms with Crippen molar-refractivity contribution in [1.29, 1.82) is 0 Å². The first kappa shape index (κ1) is 18.4. The summed E-state index contributed by atoms with van der Waals surface area (Å²) in [5.74, 6) is -0.584. The van der Waals surface area contributed by atoms with Gasteiger partial charge in [0.15, 0.2) is 0 Å². The number of hydrogen-bond donors (Lipinski definition) is 2. The van der Waals surface area contributed by atoms with Crippen LogP contribution in [0.1, 0.15) is 11.1 Å². The Morgan fingerprint density at radius 1 is 1.19 bits per heavy atom. The van der Waals surface area contributed by atoms with Crippen LogP contribution in [0, 0.1) is 5.82 Å². The first-order chi connectivity index (χ1) is 12.6. The lowest BCUT2D eigenvalue weighted by Crippen LogP contribution is -2.54. The quantitative estimate of drug-likeness (QED) is 0.761. The van der Waals surface area contributed by atoms with E-state index < -0.39 is 17.2 Å². The molecule has 2 aromatic rings. The fraction of sp³-hybridized carbons (Fsp3) is 0.263. The van der Waals surface area contributed by atoms with Gasteiger partial charge in [-0.1, -0.05) is 48.5 Å². The zero-order chi connectivity index (χ0) is 18.4. The highest BCUT2D eigenvalue weighted by molar-refractivity contribution is 8.00. The Kier molecular flexibility index (Phi) is 6.25. The molecular weight excluding hydrogens is 355 g/mol. The number of amides is 2. The summed E-state index contributed by atoms with van der Waals surface area (Å²) in [6, 6.07) is 15.2. The lowest BCUT2D eigenvalue weighted by Gasteiger charge is -2.28. The lowest BCUT2D eigenvalue weighted by atomic mass is 10.1. The second-order valence-electron chi connectivity index (χ2n) is 5.92. The molecule has 0 aromatic heterocycles. The molecule has 1 aliphatic rings. The van der Waals surface area contributed by atoms with E-state index in [1.165, 1.54) is 17.8 Å². The number of hydrogen-bond acceptors (Lipinski definition) is 4. The maximum atomic E-state index is 13.7. The molecule has 2 aromatic carbocycles. The number of benzene rings is 2. The Hall–Kier alpha value is -2.38. The fourth-order valence-corrected chi connectivity index (χ4v) is 3.76. The van der Waals surface area contributed by atoms with E-state index in [1.54, 1.807) is 18.2 Å². The average molecular weight is 374 g/mol. The van der Waals surface area contributed by atoms with Gasteiger partial charge < -0.3 is 5.32 Å². The minimum Gasteiger partial charge on any atom is -0.342 e. The van der Waals surface area contributed by atoms with E-state index in [0.717, 1.165) is 5.56 Å². The van der Waals surface area contributed by atoms with Crippen LogP contribution in [0.2, 0.25) is 0 Å². The third kappa shape index (κ3) is 4.83. The summed E-state index contributed by atoms with van der Waals surface area (Å²) in [5, 5.41) is 2.26. The average Bonchev–Trinajstić information content (AvgIpc) is 2.66. The monoisotopic (exact) mass is 374 g/mol. The minimum absolute atomic E-state index is 0.246. The number of carbonyl (C=O) groups excluding carboxylic acids is 2. The van der Waals surface area contributed by atoms with Crippen molar-refractivity contribution < 1.29 is 18.8 Å². The molecule has 5 nitrogen and oxygen atoms in total. The van der Waals surface area contributed by atoms with Crippen LogP contribution in [0.3, 0.4) is 0 Å². The van der Waals surface area contributed by atoms with Gasteiger partial charge in [0.1, 0.15) is 11.9 Å². The van der Waals surface area contributed by atoms with E-state index in [4.69, 9.17) is 4.84 Å². The van der Waals surface area contributed by atoms with E-state index in [1.807, 2.05) is 30.3 Å². The molecule has 3 rings (SSSR count). The van der Waals surface area contributed by atoms with Gasteiger partial charge >= 0.3 is 0 Å². The molecule has 26 heavy (non-hydrogen) atoms. The summed E-state index contributed by atoms with van der Waals surface area (Å²) < 4.78 is 13.7. The highest BCUT2D eigenvalue weighted by atomic mass is 32.2. The van der Waals surface area contributed by atoms with Crippen LogP contribution >= 0.6 is 11.8 Å². The smallest absolute Gasteiger partial charge is 0.266 e. The molecule has 1 saturated heterocycles. The minimum atomic E-state index is -0.667. The van der Waals surface area contributed by atoms with Crippen LogP contribution in [-0.2, 0) is 27.5 Å². The Balaban J connectivity index is 1.46. The third-order valence-electron chi connectivity index (χ3n) is 4.01. The fourth-order valence-electron chi connectivity index (χ4n) is 2.59. The normalized spacial score (nSPS) is 19.7. The molecule has 1 heterocycles. The zero-order valence-corrected chi connectivity index (χ0v) is 14.8. The lowest BCUT2D eigenvalue weighted by molar-refractivity contribution is -0.138. The molecule has 0 spiro atoms. The summed E-state index contributed by atoms with van der Waals surface area (Å²) in [4.78, 5) is 29.6. The van der Waals surface area contributed by atoms with Gasteiger partial charge in [-0.25, -0.2) is 9.87 Å². The van der Waals surface area contributed by atoms with Crippen LogP contribution in [-0.4, -0.2) is 28.9 Å². The molecule has 1 aliphatic heterocycles. The van der Waals surface area contributed by atoms with Crippen molar-refractivity contribution in [2.24, 2.45) is 0 Å². The van der Waals surface area contributed by atoms with Gasteiger partial charge in [-0.3, -0.25) is 14.4 Å². The number of hydroxylamine groups is 1. The second-order valence-corrected chi connectivity index (χ2v) is 7.15. The van der Waals surface area contributed by atoms with E-state index in [2.05, 4.69) is 10.8 Å². The van der Waals surface area contributed by atoms with Crippen molar-refractivity contribution in [3.05, 3.63) is 71.5 Å². The third-order valence-corrected chi connectivity index (χ3v) is 5.32. The Bertz CT molecular complexity index is 772. The molecule has 0 unspecified atom stereocenters. The number of halogens is 1. The highest BCUT2D eigenvalue weighted by Crippen LogP contribution is 2.23. The Labute approximate surface area is 155 Å². The number of rotatable bonds is 6. The van der Waals surface area contributed by atoms with Crippen LogP contribution in [0.25, 0.3) is 0 Å². The molecule has 0 saturated carbocycles. The van der Waals surface area contributed by atoms with Crippen molar-refractivity contribution in [2.45, 2.75) is 24.3 Å². The van der Waals surface area contributed by atoms with Crippen molar-refractivity contribution in [3.8, 4) is 0 Å². The zero-order valence-electron chi connectivity index (χ0n) is 14.0. The number of thioether (sulfide) groups is 1. The Morgan fingerprint density at radius 2 is 1.92 bits per heavy atom. The molecule has 0 bridgehead atoms. The van der Waals surface area contributed by atoms with Crippen LogP contribution < -0.4 is 10.8 Å². The van der Waals surface area contributed by atoms with Crippen molar-refractivity contribution >= 4 is 23.6 Å². The van der Waals surface area contributed by atoms with Gasteiger partial charge in [0.2, 0.25) is 5.91 Å². The van der Waals surface area contributed by atoms with E-state index in [-0.39, 0.29) is 18.3 Å². The topological polar surface area (TPSA) is 67.4 Å². The Morgan fingerprint density at radius 3 is 2.65 bits per heavy atom. The van der Waals surface area contributed by atoms with Gasteiger partial charge in [-0.05, 0) is 23.6 Å². The van der Waals surface area contributed by atoms with Gasteiger partial charge in [0.25, 0.3) is 5.91 Å². The molecule has 2 amide bonds. The van der Waals surface area contributed by atoms with Gasteiger partial charge in [0, 0.05) is 5.75 Å². The molecule has 7 heteroatoms. The van der Waals surface area contributed by atoms with Crippen molar-refractivity contribution in [3.63, 3.8) is 0 Å². The molecule has 2 atom stereocenters. The second kappa shape index (κ2) is 8.82. The first-order valence-electron chi connectivity index (χ1n) is 8.24. The number of carbonyl (C=O) groups is 2.